The molecule has 1 aromatic carbocycles. The minimum absolute atomic E-state index is 0.0269. The number of rotatable bonds is 6. The molecule has 1 aliphatic carbocycles. The summed E-state index contributed by atoms with van der Waals surface area (Å²) in [7, 11) is 0. The Labute approximate surface area is 174 Å². The van der Waals surface area contributed by atoms with E-state index in [9.17, 15) is 14.4 Å². The van der Waals surface area contributed by atoms with Gasteiger partial charge in [0, 0.05) is 55.6 Å². The number of hydrogen-bond donors (Lipinski definition) is 1. The molecule has 1 aromatic rings. The van der Waals surface area contributed by atoms with Gasteiger partial charge in [-0.2, -0.15) is 0 Å². The second-order valence-corrected chi connectivity index (χ2v) is 8.54. The zero-order valence-corrected chi connectivity index (χ0v) is 17.7. The molecule has 1 saturated carbocycles. The van der Waals surface area contributed by atoms with E-state index in [1.807, 2.05) is 17.0 Å². The molecule has 1 aliphatic heterocycles. The number of nitrogens with one attached hydrogen (secondary N) is 1. The summed E-state index contributed by atoms with van der Waals surface area (Å²) in [5.41, 5.74) is 0.574. The van der Waals surface area contributed by atoms with E-state index in [1.165, 1.54) is 25.7 Å². The van der Waals surface area contributed by atoms with E-state index in [0.717, 1.165) is 4.47 Å². The summed E-state index contributed by atoms with van der Waals surface area (Å²) >= 11 is 3.34. The minimum Gasteiger partial charge on any atom is -0.352 e. The first-order valence-corrected chi connectivity index (χ1v) is 10.9. The Morgan fingerprint density at radius 2 is 1.50 bits per heavy atom. The fourth-order valence-electron chi connectivity index (χ4n) is 3.94. The van der Waals surface area contributed by atoms with Crippen molar-refractivity contribution in [2.45, 2.75) is 38.5 Å². The molecule has 1 heterocycles. The van der Waals surface area contributed by atoms with E-state index in [0.29, 0.717) is 50.6 Å². The minimum atomic E-state index is -0.178. The zero-order valence-electron chi connectivity index (χ0n) is 16.2. The molecule has 1 saturated heterocycles. The maximum absolute atomic E-state index is 12.4. The van der Waals surface area contributed by atoms with Crippen LogP contribution >= 0.6 is 15.9 Å². The molecule has 3 amide bonds. The monoisotopic (exact) mass is 449 g/mol. The average Bonchev–Trinajstić information content (AvgIpc) is 3.21. The molecule has 1 N–H and O–H groups in total. The van der Waals surface area contributed by atoms with Crippen LogP contribution in [-0.4, -0.2) is 60.2 Å². The Hall–Kier alpha value is -1.89. The van der Waals surface area contributed by atoms with Crippen LogP contribution in [0.4, 0.5) is 0 Å². The largest absolute Gasteiger partial charge is 0.352 e. The van der Waals surface area contributed by atoms with Crippen molar-refractivity contribution < 1.29 is 14.4 Å². The molecule has 3 rings (SSSR count). The Morgan fingerprint density at radius 3 is 2.11 bits per heavy atom. The van der Waals surface area contributed by atoms with Crippen LogP contribution < -0.4 is 5.32 Å². The lowest BCUT2D eigenvalue weighted by Gasteiger charge is -2.35. The van der Waals surface area contributed by atoms with Crippen LogP contribution in [0.1, 0.15) is 48.9 Å². The quantitative estimate of drug-likeness (QED) is 0.725. The molecular weight excluding hydrogens is 422 g/mol. The first kappa shape index (κ1) is 20.8. The molecule has 0 aromatic heterocycles. The highest BCUT2D eigenvalue weighted by Gasteiger charge is 2.26. The average molecular weight is 450 g/mol. The van der Waals surface area contributed by atoms with Gasteiger partial charge in [0.05, 0.1) is 0 Å². The van der Waals surface area contributed by atoms with Crippen LogP contribution in [-0.2, 0) is 9.59 Å². The topological polar surface area (TPSA) is 69.7 Å². The molecule has 6 nitrogen and oxygen atoms in total. The maximum atomic E-state index is 12.4. The van der Waals surface area contributed by atoms with E-state index in [2.05, 4.69) is 21.2 Å². The molecule has 7 heteroatoms. The SMILES string of the molecule is O=C(NCCC(=O)N1CCN(C(=O)CC2CCCC2)CC1)c1ccc(Br)cc1. The normalized spacial score (nSPS) is 17.6. The first-order chi connectivity index (χ1) is 13.5. The zero-order chi connectivity index (χ0) is 19.9. The van der Waals surface area contributed by atoms with Gasteiger partial charge in [-0.1, -0.05) is 28.8 Å². The van der Waals surface area contributed by atoms with Crippen molar-refractivity contribution in [3.8, 4) is 0 Å². The molecule has 0 unspecified atom stereocenters. The summed E-state index contributed by atoms with van der Waals surface area (Å²) in [5.74, 6) is 0.642. The van der Waals surface area contributed by atoms with Crippen LogP contribution in [0.15, 0.2) is 28.7 Å². The molecule has 0 spiro atoms. The Balaban J connectivity index is 1.35. The molecule has 0 atom stereocenters. The summed E-state index contributed by atoms with van der Waals surface area (Å²) in [6.07, 6.45) is 5.79. The fraction of sp³-hybridized carbons (Fsp3) is 0.571. The van der Waals surface area contributed by atoms with Gasteiger partial charge < -0.3 is 15.1 Å². The van der Waals surface area contributed by atoms with Gasteiger partial charge in [0.1, 0.15) is 0 Å². The fourth-order valence-corrected chi connectivity index (χ4v) is 4.20. The van der Waals surface area contributed by atoms with Gasteiger partial charge in [-0.15, -0.1) is 0 Å². The molecule has 28 heavy (non-hydrogen) atoms. The van der Waals surface area contributed by atoms with Gasteiger partial charge in [0.2, 0.25) is 11.8 Å². The van der Waals surface area contributed by atoms with E-state index in [4.69, 9.17) is 0 Å². The van der Waals surface area contributed by atoms with Crippen molar-refractivity contribution in [1.29, 1.82) is 0 Å². The molecule has 2 aliphatic rings. The number of hydrogen-bond acceptors (Lipinski definition) is 3. The van der Waals surface area contributed by atoms with Crippen LogP contribution in [0.3, 0.4) is 0 Å². The highest BCUT2D eigenvalue weighted by molar-refractivity contribution is 9.10. The third-order valence-corrected chi connectivity index (χ3v) is 6.18. The van der Waals surface area contributed by atoms with Crippen LogP contribution in [0, 0.1) is 5.92 Å². The van der Waals surface area contributed by atoms with E-state index in [-0.39, 0.29) is 24.1 Å². The Morgan fingerprint density at radius 1 is 0.929 bits per heavy atom. The Kier molecular flexibility index (Phi) is 7.48. The number of carbonyl (C=O) groups excluding carboxylic acids is 3. The van der Waals surface area contributed by atoms with Gasteiger partial charge in [-0.05, 0) is 43.0 Å². The van der Waals surface area contributed by atoms with Gasteiger partial charge in [0.15, 0.2) is 0 Å². The van der Waals surface area contributed by atoms with Crippen LogP contribution in [0.5, 0.6) is 0 Å². The molecule has 152 valence electrons. The highest BCUT2D eigenvalue weighted by Crippen LogP contribution is 2.28. The summed E-state index contributed by atoms with van der Waals surface area (Å²) in [6, 6.07) is 7.10. The summed E-state index contributed by atoms with van der Waals surface area (Å²) in [4.78, 5) is 40.6. The highest BCUT2D eigenvalue weighted by atomic mass is 79.9. The second kappa shape index (κ2) is 10.0. The van der Waals surface area contributed by atoms with E-state index < -0.39 is 0 Å². The van der Waals surface area contributed by atoms with Gasteiger partial charge >= 0.3 is 0 Å². The van der Waals surface area contributed by atoms with Crippen molar-refractivity contribution in [2.75, 3.05) is 32.7 Å². The predicted octanol–water partition coefficient (Wildman–Crippen LogP) is 2.82. The molecule has 0 radical (unpaired) electrons. The number of benzene rings is 1. The smallest absolute Gasteiger partial charge is 0.251 e. The van der Waals surface area contributed by atoms with Gasteiger partial charge in [-0.3, -0.25) is 14.4 Å². The summed E-state index contributed by atoms with van der Waals surface area (Å²) < 4.78 is 0.917. The number of carbonyl (C=O) groups is 3. The predicted molar refractivity (Wildman–Crippen MR) is 111 cm³/mol. The first-order valence-electron chi connectivity index (χ1n) is 10.1. The number of halogens is 1. The molecule has 0 bridgehead atoms. The van der Waals surface area contributed by atoms with Crippen molar-refractivity contribution in [3.05, 3.63) is 34.3 Å². The molecular formula is C21H28BrN3O3. The second-order valence-electron chi connectivity index (χ2n) is 7.63. The standard InChI is InChI=1S/C21H28BrN3O3/c22-18-7-5-17(6-8-18)21(28)23-10-9-19(26)24-11-13-25(14-12-24)20(27)15-16-3-1-2-4-16/h5-8,16H,1-4,9-15H2,(H,23,28). The van der Waals surface area contributed by atoms with Crippen molar-refractivity contribution in [1.82, 2.24) is 15.1 Å². The van der Waals surface area contributed by atoms with Crippen molar-refractivity contribution >= 4 is 33.7 Å². The number of nitrogens with zero attached hydrogens (tertiary/aromatic N) is 2. The van der Waals surface area contributed by atoms with Gasteiger partial charge in [0.25, 0.3) is 5.91 Å². The lowest BCUT2D eigenvalue weighted by atomic mass is 10.0. The number of amides is 3. The van der Waals surface area contributed by atoms with E-state index in [1.54, 1.807) is 17.0 Å². The third kappa shape index (κ3) is 5.80. The van der Waals surface area contributed by atoms with E-state index >= 15 is 0 Å². The Bertz CT molecular complexity index is 693. The lowest BCUT2D eigenvalue weighted by molar-refractivity contribution is -0.140. The number of piperazine rings is 1. The van der Waals surface area contributed by atoms with Crippen molar-refractivity contribution in [3.63, 3.8) is 0 Å². The third-order valence-electron chi connectivity index (χ3n) is 5.65. The lowest BCUT2D eigenvalue weighted by Crippen LogP contribution is -2.51. The maximum Gasteiger partial charge on any atom is 0.251 e. The van der Waals surface area contributed by atoms with Gasteiger partial charge in [-0.25, -0.2) is 0 Å². The summed E-state index contributed by atoms with van der Waals surface area (Å²) in [6.45, 7) is 2.70. The summed E-state index contributed by atoms with van der Waals surface area (Å²) in [5, 5.41) is 2.79. The van der Waals surface area contributed by atoms with Crippen molar-refractivity contribution in [2.24, 2.45) is 5.92 Å². The van der Waals surface area contributed by atoms with Crippen LogP contribution in [0.2, 0.25) is 0 Å². The molecule has 2 fully saturated rings. The van der Waals surface area contributed by atoms with Crippen LogP contribution in [0.25, 0.3) is 0 Å².